The predicted molar refractivity (Wildman–Crippen MR) is 127 cm³/mol. The molecule has 0 amide bonds. The first-order valence-corrected chi connectivity index (χ1v) is 10.9. The molecule has 2 atom stereocenters. The average Bonchev–Trinajstić information content (AvgIpc) is 2.77. The second kappa shape index (κ2) is 11.4. The Hall–Kier alpha value is -1.58. The van der Waals surface area contributed by atoms with Gasteiger partial charge in [-0.2, -0.15) is 13.2 Å². The van der Waals surface area contributed by atoms with Gasteiger partial charge in [0.15, 0.2) is 0 Å². The molecule has 2 aromatic rings. The number of rotatable bonds is 4. The van der Waals surface area contributed by atoms with Gasteiger partial charge in [0.05, 0.1) is 17.8 Å². The molecule has 0 saturated carbocycles. The lowest BCUT2D eigenvalue weighted by atomic mass is 9.83. The van der Waals surface area contributed by atoms with Crippen LogP contribution in [0.4, 0.5) is 17.6 Å². The van der Waals surface area contributed by atoms with Crippen molar-refractivity contribution in [2.45, 2.75) is 51.1 Å². The quantitative estimate of drug-likeness (QED) is 0.514. The van der Waals surface area contributed by atoms with E-state index in [9.17, 15) is 22.7 Å². The number of alkyl halides is 3. The normalized spacial score (nSPS) is 21.4. The summed E-state index contributed by atoms with van der Waals surface area (Å²) in [5.74, 6) is -0.0876. The van der Waals surface area contributed by atoms with Crippen LogP contribution in [0.25, 0.3) is 0 Å². The second-order valence-corrected chi connectivity index (χ2v) is 8.82. The van der Waals surface area contributed by atoms with Crippen LogP contribution in [-0.2, 0) is 23.9 Å². The number of aromatic hydroxyl groups is 1. The first-order chi connectivity index (χ1) is 15.2. The molecule has 2 aliphatic rings. The Bertz CT molecular complexity index is 982. The molecule has 10 heteroatoms. The molecule has 4 rings (SSSR count). The van der Waals surface area contributed by atoms with Gasteiger partial charge in [-0.25, -0.2) is 4.39 Å². The molecular formula is C24H30Cl2F4N2O2. The van der Waals surface area contributed by atoms with E-state index >= 15 is 0 Å². The topological polar surface area (TPSA) is 58.7 Å². The largest absolute Gasteiger partial charge is 0.507 e. The Morgan fingerprint density at radius 1 is 1.12 bits per heavy atom. The molecule has 2 aromatic carbocycles. The van der Waals surface area contributed by atoms with Crippen LogP contribution < -0.4 is 5.73 Å². The molecule has 0 aromatic heterocycles. The van der Waals surface area contributed by atoms with Crippen molar-refractivity contribution in [3.8, 4) is 5.75 Å². The third-order valence-corrected chi connectivity index (χ3v) is 6.75. The van der Waals surface area contributed by atoms with E-state index in [2.05, 4.69) is 0 Å². The van der Waals surface area contributed by atoms with Crippen LogP contribution in [-0.4, -0.2) is 35.7 Å². The number of likely N-dealkylation sites (tertiary alicyclic amines) is 1. The number of ether oxygens (including phenoxy) is 1. The first-order valence-electron chi connectivity index (χ1n) is 10.9. The molecule has 3 N–H and O–H groups in total. The fraction of sp³-hybridized carbons (Fsp3) is 0.500. The van der Waals surface area contributed by atoms with Gasteiger partial charge in [-0.05, 0) is 68.1 Å². The summed E-state index contributed by atoms with van der Waals surface area (Å²) < 4.78 is 59.3. The average molecular weight is 525 g/mol. The lowest BCUT2D eigenvalue weighted by Crippen LogP contribution is -2.42. The van der Waals surface area contributed by atoms with Gasteiger partial charge in [-0.3, -0.25) is 4.90 Å². The van der Waals surface area contributed by atoms with Crippen molar-refractivity contribution < 1.29 is 27.4 Å². The Kier molecular flexibility index (Phi) is 9.64. The van der Waals surface area contributed by atoms with E-state index in [0.717, 1.165) is 47.7 Å². The minimum Gasteiger partial charge on any atom is -0.507 e. The molecule has 0 radical (unpaired) electrons. The molecule has 2 heterocycles. The van der Waals surface area contributed by atoms with Gasteiger partial charge in [-0.1, -0.05) is 12.1 Å². The summed E-state index contributed by atoms with van der Waals surface area (Å²) in [5, 5.41) is 10.6. The van der Waals surface area contributed by atoms with Crippen LogP contribution in [0, 0.1) is 18.7 Å². The summed E-state index contributed by atoms with van der Waals surface area (Å²) in [7, 11) is 0. The Morgan fingerprint density at radius 2 is 1.79 bits per heavy atom. The van der Waals surface area contributed by atoms with E-state index in [1.54, 1.807) is 0 Å². The molecule has 4 nitrogen and oxygen atoms in total. The van der Waals surface area contributed by atoms with Crippen LogP contribution in [0.2, 0.25) is 0 Å². The van der Waals surface area contributed by atoms with Gasteiger partial charge in [-0.15, -0.1) is 24.8 Å². The molecule has 0 spiro atoms. The number of nitrogens with zero attached hydrogens (tertiary/aromatic N) is 1. The van der Waals surface area contributed by atoms with Gasteiger partial charge in [0.2, 0.25) is 0 Å². The summed E-state index contributed by atoms with van der Waals surface area (Å²) in [4.78, 5) is 1.98. The van der Waals surface area contributed by atoms with Crippen molar-refractivity contribution in [1.82, 2.24) is 4.90 Å². The fourth-order valence-corrected chi connectivity index (χ4v) is 4.88. The summed E-state index contributed by atoms with van der Waals surface area (Å²) in [6, 6.07) is 6.39. The highest BCUT2D eigenvalue weighted by Gasteiger charge is 2.36. The highest BCUT2D eigenvalue weighted by atomic mass is 35.5. The number of phenols is 1. The minimum atomic E-state index is -4.49. The fourth-order valence-electron chi connectivity index (χ4n) is 4.88. The number of phenolic OH excluding ortho intramolecular Hbond substituents is 1. The Labute approximate surface area is 209 Å². The van der Waals surface area contributed by atoms with Crippen LogP contribution in [0.3, 0.4) is 0 Å². The third kappa shape index (κ3) is 5.97. The van der Waals surface area contributed by atoms with Gasteiger partial charge in [0.1, 0.15) is 11.6 Å². The SMILES string of the molecule is Cc1ccc2c(c1O)C[C@@H](C1CCN(Cc3cc(C(F)(F)F)ccc3F)CC1)O[C@H]2CN.Cl.Cl. The lowest BCUT2D eigenvalue weighted by Gasteiger charge is -2.40. The molecule has 2 aliphatic heterocycles. The maximum Gasteiger partial charge on any atom is 0.416 e. The van der Waals surface area contributed by atoms with Crippen LogP contribution >= 0.6 is 24.8 Å². The zero-order valence-electron chi connectivity index (χ0n) is 18.8. The zero-order chi connectivity index (χ0) is 23.0. The number of hydrogen-bond donors (Lipinski definition) is 2. The van der Waals surface area contributed by atoms with Crippen LogP contribution in [0.5, 0.6) is 5.75 Å². The molecule has 1 saturated heterocycles. The van der Waals surface area contributed by atoms with E-state index in [0.29, 0.717) is 31.8 Å². The summed E-state index contributed by atoms with van der Waals surface area (Å²) in [6.45, 7) is 3.60. The van der Waals surface area contributed by atoms with Crippen molar-refractivity contribution >= 4 is 24.8 Å². The Morgan fingerprint density at radius 3 is 2.41 bits per heavy atom. The number of fused-ring (bicyclic) bond motifs is 1. The van der Waals surface area contributed by atoms with E-state index < -0.39 is 17.6 Å². The number of hydrogen-bond acceptors (Lipinski definition) is 4. The van der Waals surface area contributed by atoms with E-state index in [1.807, 2.05) is 24.0 Å². The van der Waals surface area contributed by atoms with Gasteiger partial charge >= 0.3 is 6.18 Å². The van der Waals surface area contributed by atoms with Gasteiger partial charge < -0.3 is 15.6 Å². The summed E-state index contributed by atoms with van der Waals surface area (Å²) in [5.41, 5.74) is 7.81. The van der Waals surface area contributed by atoms with Crippen molar-refractivity contribution in [1.29, 1.82) is 0 Å². The van der Waals surface area contributed by atoms with Crippen LogP contribution in [0.1, 0.15) is 46.8 Å². The maximum absolute atomic E-state index is 14.1. The van der Waals surface area contributed by atoms with Crippen molar-refractivity contribution in [3.05, 3.63) is 64.0 Å². The first kappa shape index (κ1) is 28.7. The minimum absolute atomic E-state index is 0. The van der Waals surface area contributed by atoms with Crippen molar-refractivity contribution in [2.75, 3.05) is 19.6 Å². The molecule has 190 valence electrons. The molecular weight excluding hydrogens is 495 g/mol. The maximum atomic E-state index is 14.1. The van der Waals surface area contributed by atoms with Gasteiger partial charge in [0, 0.05) is 30.6 Å². The van der Waals surface area contributed by atoms with Crippen molar-refractivity contribution in [3.63, 3.8) is 0 Å². The predicted octanol–water partition coefficient (Wildman–Crippen LogP) is 5.56. The van der Waals surface area contributed by atoms with E-state index in [1.165, 1.54) is 0 Å². The van der Waals surface area contributed by atoms with Crippen molar-refractivity contribution in [2.24, 2.45) is 11.7 Å². The van der Waals surface area contributed by atoms with E-state index in [-0.39, 0.29) is 55.0 Å². The number of aryl methyl sites for hydroxylation is 1. The highest BCUT2D eigenvalue weighted by molar-refractivity contribution is 5.85. The number of piperidine rings is 1. The zero-order valence-corrected chi connectivity index (χ0v) is 20.4. The number of nitrogens with two attached hydrogens (primary N) is 1. The highest BCUT2D eigenvalue weighted by Crippen LogP contribution is 2.40. The lowest BCUT2D eigenvalue weighted by molar-refractivity contribution is -0.137. The Balaban J connectivity index is 0.00000204. The molecule has 0 aliphatic carbocycles. The smallest absolute Gasteiger partial charge is 0.416 e. The van der Waals surface area contributed by atoms with Crippen LogP contribution in [0.15, 0.2) is 30.3 Å². The third-order valence-electron chi connectivity index (χ3n) is 6.75. The second-order valence-electron chi connectivity index (χ2n) is 8.82. The number of benzene rings is 2. The monoisotopic (exact) mass is 524 g/mol. The molecule has 0 bridgehead atoms. The summed E-state index contributed by atoms with van der Waals surface area (Å²) in [6.07, 6.45) is -2.68. The number of halogens is 6. The molecule has 34 heavy (non-hydrogen) atoms. The summed E-state index contributed by atoms with van der Waals surface area (Å²) >= 11 is 0. The van der Waals surface area contributed by atoms with E-state index in [4.69, 9.17) is 10.5 Å². The standard InChI is InChI=1S/C24H28F4N2O2.2ClH/c1-14-2-4-18-19(23(14)31)11-21(32-22(18)12-29)15-6-8-30(9-7-15)13-16-10-17(24(26,27)28)3-5-20(16)25;;/h2-5,10,15,21-22,31H,6-9,11-13,29H2,1H3;2*1H/t21-,22-;;/m0../s1. The van der Waals surface area contributed by atoms with Gasteiger partial charge in [0.25, 0.3) is 0 Å². The molecule has 1 fully saturated rings. The molecule has 0 unspecified atom stereocenters.